The van der Waals surface area contributed by atoms with Crippen LogP contribution in [0.15, 0.2) is 97.1 Å². The molecule has 6 aromatic rings. The van der Waals surface area contributed by atoms with Gasteiger partial charge in [-0.05, 0) is 151 Å². The Bertz CT molecular complexity index is 3180. The molecule has 4 aromatic carbocycles. The lowest BCUT2D eigenvalue weighted by Gasteiger charge is -2.28. The number of hydrogen-bond acceptors (Lipinski definition) is 13. The number of alkyl halides is 4. The van der Waals surface area contributed by atoms with Crippen molar-refractivity contribution in [2.75, 3.05) is 106 Å². The third-order valence-electron chi connectivity index (χ3n) is 14.9. The van der Waals surface area contributed by atoms with E-state index in [0.717, 1.165) is 84.0 Å². The standard InChI is InChI=1S/C33H37F2N3O5.C28H29F2N3O4/c1-22-5-7-26(36-32(39)24-6-8-28-23(18-24)9-10-33(28,34)35)21-27(22)25-19-29(38-11-14-40-15-12-38)37-30(20-25)41-16-17-43-31-4-2-3-13-42-31;1-18-2-4-22(31-27(35)20-3-5-24-19(14-20)6-7-28(24,29)30)17-23(18)21-15-25(33-8-11-36-12-9-33)32-26(16-21)37-13-10-34/h5-8,18-21,31H,2-4,9-17H2,1H3,(H,36,39);2-5,14-17,34H,6-13H2,1H3,(H,31,35). The molecule has 0 saturated carbocycles. The topological polar surface area (TPSA) is 166 Å². The van der Waals surface area contributed by atoms with Crippen molar-refractivity contribution in [3.05, 3.63) is 142 Å². The van der Waals surface area contributed by atoms with Gasteiger partial charge in [0.2, 0.25) is 11.8 Å². The summed E-state index contributed by atoms with van der Waals surface area (Å²) < 4.78 is 90.3. The SMILES string of the molecule is Cc1ccc(NC(=O)c2ccc3c(c2)CCC3(F)F)cc1-c1cc(OCCO)nc(N2CCOCC2)c1.Cc1ccc(NC(=O)c2ccc3c(c2)CCC3(F)F)cc1-c1cc(OCCOC2CCCCO2)nc(N2CCOCC2)c1. The number of aryl methyl sites for hydroxylation is 4. The average molecular weight is 1100 g/mol. The van der Waals surface area contributed by atoms with Crippen LogP contribution in [-0.4, -0.2) is 119 Å². The molecular formula is C61H66F4N6O9. The van der Waals surface area contributed by atoms with E-state index >= 15 is 0 Å². The Labute approximate surface area is 462 Å². The number of nitrogens with zero attached hydrogens (tertiary/aromatic N) is 4. The number of ether oxygens (including phenoxy) is 6. The van der Waals surface area contributed by atoms with E-state index in [9.17, 15) is 32.3 Å². The monoisotopic (exact) mass is 1100 g/mol. The van der Waals surface area contributed by atoms with E-state index in [0.29, 0.717) is 98.1 Å². The van der Waals surface area contributed by atoms with Crippen LogP contribution in [0.2, 0.25) is 0 Å². The smallest absolute Gasteiger partial charge is 0.273 e. The van der Waals surface area contributed by atoms with Crippen molar-refractivity contribution in [2.45, 2.75) is 76.9 Å². The van der Waals surface area contributed by atoms with Crippen molar-refractivity contribution >= 4 is 34.8 Å². The number of halogens is 4. The van der Waals surface area contributed by atoms with Crippen molar-refractivity contribution in [1.82, 2.24) is 9.97 Å². The van der Waals surface area contributed by atoms with E-state index in [1.807, 2.05) is 74.5 Å². The number of nitrogens with one attached hydrogen (secondary N) is 2. The number of benzene rings is 4. The number of fused-ring (bicyclic) bond motifs is 2. The second-order valence-electron chi connectivity index (χ2n) is 20.5. The maximum absolute atomic E-state index is 14.1. The number of carbonyl (C=O) groups is 2. The van der Waals surface area contributed by atoms with Gasteiger partial charge in [-0.2, -0.15) is 9.97 Å². The van der Waals surface area contributed by atoms with Crippen molar-refractivity contribution in [3.8, 4) is 34.0 Å². The van der Waals surface area contributed by atoms with Crippen LogP contribution in [0.4, 0.5) is 40.6 Å². The molecule has 0 spiro atoms. The molecule has 2 aromatic heterocycles. The Morgan fingerprint density at radius 2 is 1.10 bits per heavy atom. The summed E-state index contributed by atoms with van der Waals surface area (Å²) in [5.74, 6) is -3.95. The number of rotatable bonds is 16. The van der Waals surface area contributed by atoms with Crippen molar-refractivity contribution < 1.29 is 60.7 Å². The predicted octanol–water partition coefficient (Wildman–Crippen LogP) is 10.7. The zero-order valence-corrected chi connectivity index (χ0v) is 45.0. The number of aliphatic hydroxyl groups is 1. The molecule has 3 aliphatic heterocycles. The zero-order chi connectivity index (χ0) is 55.8. The minimum Gasteiger partial charge on any atom is -0.475 e. The number of aromatic nitrogens is 2. The minimum atomic E-state index is -2.83. The molecule has 2 aliphatic carbocycles. The lowest BCUT2D eigenvalue weighted by molar-refractivity contribution is -0.165. The molecule has 5 heterocycles. The van der Waals surface area contributed by atoms with Crippen molar-refractivity contribution in [3.63, 3.8) is 0 Å². The quantitative estimate of drug-likeness (QED) is 0.0620. The first-order valence-electron chi connectivity index (χ1n) is 27.4. The highest BCUT2D eigenvalue weighted by atomic mass is 19.3. The first-order valence-corrected chi connectivity index (χ1v) is 27.4. The molecule has 19 heteroatoms. The molecule has 2 amide bonds. The summed E-state index contributed by atoms with van der Waals surface area (Å²) in [6.07, 6.45) is 2.95. The maximum atomic E-state index is 14.1. The molecule has 11 rings (SSSR count). The Balaban J connectivity index is 0.000000182. The van der Waals surface area contributed by atoms with Gasteiger partial charge in [0.15, 0.2) is 6.29 Å². The van der Waals surface area contributed by atoms with E-state index in [-0.39, 0.29) is 68.1 Å². The second-order valence-corrected chi connectivity index (χ2v) is 20.5. The number of carbonyl (C=O) groups excluding carboxylic acids is 2. The molecule has 80 heavy (non-hydrogen) atoms. The first kappa shape index (κ1) is 56.1. The van der Waals surface area contributed by atoms with Crippen molar-refractivity contribution in [2.24, 2.45) is 0 Å². The summed E-state index contributed by atoms with van der Waals surface area (Å²) in [6.45, 7) is 10.8. The Hall–Kier alpha value is -7.16. The van der Waals surface area contributed by atoms with Gasteiger partial charge in [0.05, 0.1) is 39.6 Å². The average Bonchev–Trinajstić information content (AvgIpc) is 3.99. The minimum absolute atomic E-state index is 0.00894. The molecule has 0 bridgehead atoms. The van der Waals surface area contributed by atoms with Gasteiger partial charge in [0, 0.05) is 91.4 Å². The number of amides is 2. The van der Waals surface area contributed by atoms with Crippen LogP contribution in [0.5, 0.6) is 11.8 Å². The van der Waals surface area contributed by atoms with E-state index in [1.165, 1.54) is 24.3 Å². The molecular weight excluding hydrogens is 1040 g/mol. The summed E-state index contributed by atoms with van der Waals surface area (Å²) in [5, 5.41) is 15.1. The third kappa shape index (κ3) is 13.5. The van der Waals surface area contributed by atoms with Gasteiger partial charge >= 0.3 is 0 Å². The van der Waals surface area contributed by atoms with Gasteiger partial charge < -0.3 is 54.0 Å². The van der Waals surface area contributed by atoms with Gasteiger partial charge in [-0.3, -0.25) is 9.59 Å². The number of aliphatic hydroxyl groups excluding tert-OH is 1. The zero-order valence-electron chi connectivity index (χ0n) is 45.0. The van der Waals surface area contributed by atoms with Crippen LogP contribution >= 0.6 is 0 Å². The largest absolute Gasteiger partial charge is 0.475 e. The molecule has 3 saturated heterocycles. The lowest BCUT2D eigenvalue weighted by Crippen LogP contribution is -2.36. The maximum Gasteiger partial charge on any atom is 0.273 e. The number of pyridine rings is 2. The summed E-state index contributed by atoms with van der Waals surface area (Å²) in [5.41, 5.74) is 8.52. The molecule has 15 nitrogen and oxygen atoms in total. The Kier molecular flexibility index (Phi) is 17.6. The van der Waals surface area contributed by atoms with E-state index in [4.69, 9.17) is 33.4 Å². The van der Waals surface area contributed by atoms with Crippen LogP contribution in [0.3, 0.4) is 0 Å². The van der Waals surface area contributed by atoms with Crippen LogP contribution in [-0.2, 0) is 43.6 Å². The summed E-state index contributed by atoms with van der Waals surface area (Å²) >= 11 is 0. The fraction of sp³-hybridized carbons (Fsp3) is 0.410. The number of anilines is 4. The lowest BCUT2D eigenvalue weighted by atomic mass is 10.00. The highest BCUT2D eigenvalue weighted by Gasteiger charge is 2.40. The van der Waals surface area contributed by atoms with Gasteiger partial charge in [0.25, 0.3) is 23.7 Å². The van der Waals surface area contributed by atoms with E-state index in [1.54, 1.807) is 12.1 Å². The molecule has 422 valence electrons. The van der Waals surface area contributed by atoms with Gasteiger partial charge in [-0.15, -0.1) is 0 Å². The molecule has 5 aliphatic rings. The number of morpholine rings is 2. The van der Waals surface area contributed by atoms with Crippen LogP contribution in [0, 0.1) is 13.8 Å². The van der Waals surface area contributed by atoms with Crippen LogP contribution < -0.4 is 29.9 Å². The summed E-state index contributed by atoms with van der Waals surface area (Å²) in [6, 6.07) is 27.8. The van der Waals surface area contributed by atoms with Crippen LogP contribution in [0.1, 0.15) is 86.2 Å². The molecule has 0 radical (unpaired) electrons. The Morgan fingerprint density at radius 3 is 1.56 bits per heavy atom. The van der Waals surface area contributed by atoms with E-state index < -0.39 is 11.8 Å². The first-order chi connectivity index (χ1) is 38.7. The van der Waals surface area contributed by atoms with Gasteiger partial charge in [-0.25, -0.2) is 17.6 Å². The fourth-order valence-electron chi connectivity index (χ4n) is 10.5. The normalized spacial score (nSPS) is 18.1. The molecule has 1 unspecified atom stereocenters. The number of hydrogen-bond donors (Lipinski definition) is 3. The predicted molar refractivity (Wildman–Crippen MR) is 296 cm³/mol. The second kappa shape index (κ2) is 25.1. The van der Waals surface area contributed by atoms with Gasteiger partial charge in [-0.1, -0.05) is 24.3 Å². The van der Waals surface area contributed by atoms with E-state index in [2.05, 4.69) is 25.4 Å². The van der Waals surface area contributed by atoms with Gasteiger partial charge in [0.1, 0.15) is 24.8 Å². The highest BCUT2D eigenvalue weighted by Crippen LogP contribution is 2.43. The highest BCUT2D eigenvalue weighted by molar-refractivity contribution is 6.05. The van der Waals surface area contributed by atoms with Crippen molar-refractivity contribution in [1.29, 1.82) is 0 Å². The molecule has 1 atom stereocenters. The fourth-order valence-corrected chi connectivity index (χ4v) is 10.5. The Morgan fingerprint density at radius 1 is 0.613 bits per heavy atom. The summed E-state index contributed by atoms with van der Waals surface area (Å²) in [7, 11) is 0. The molecule has 3 fully saturated rings. The third-order valence-corrected chi connectivity index (χ3v) is 14.9. The summed E-state index contributed by atoms with van der Waals surface area (Å²) in [4.78, 5) is 39.8. The van der Waals surface area contributed by atoms with Crippen LogP contribution in [0.25, 0.3) is 22.3 Å². The molecule has 3 N–H and O–H groups in total.